The second-order valence-corrected chi connectivity index (χ2v) is 6.23. The van der Waals surface area contributed by atoms with Gasteiger partial charge in [-0.05, 0) is 31.2 Å². The minimum absolute atomic E-state index is 0.0260. The first-order chi connectivity index (χ1) is 10.7. The van der Waals surface area contributed by atoms with E-state index in [2.05, 4.69) is 27.8 Å². The summed E-state index contributed by atoms with van der Waals surface area (Å²) in [5.74, 6) is 1.34. The van der Waals surface area contributed by atoms with Gasteiger partial charge in [-0.2, -0.15) is 5.26 Å². The fourth-order valence-electron chi connectivity index (χ4n) is 2.87. The van der Waals surface area contributed by atoms with Crippen molar-refractivity contribution in [2.24, 2.45) is 0 Å². The first kappa shape index (κ1) is 14.7. The summed E-state index contributed by atoms with van der Waals surface area (Å²) in [5, 5.41) is 19.1. The predicted molar refractivity (Wildman–Crippen MR) is 82.6 cm³/mol. The van der Waals surface area contributed by atoms with E-state index in [0.717, 1.165) is 25.2 Å². The van der Waals surface area contributed by atoms with Gasteiger partial charge in [0.05, 0.1) is 5.56 Å². The van der Waals surface area contributed by atoms with Crippen LogP contribution in [0.1, 0.15) is 46.7 Å². The van der Waals surface area contributed by atoms with Crippen LogP contribution in [-0.4, -0.2) is 38.7 Å². The number of aromatic nitrogens is 3. The first-order valence-corrected chi connectivity index (χ1v) is 8.27. The largest absolute Gasteiger partial charge is 0.338 e. The number of likely N-dealkylation sites (tertiary alicyclic amines) is 1. The van der Waals surface area contributed by atoms with Gasteiger partial charge in [0.25, 0.3) is 5.91 Å². The molecule has 0 N–H and O–H groups in total. The molecule has 0 atom stereocenters. The molecular weight excluding hydrogens is 298 g/mol. The number of aryl methyl sites for hydroxylation is 1. The molecule has 3 rings (SSSR count). The first-order valence-electron chi connectivity index (χ1n) is 7.39. The molecule has 0 unspecified atom stereocenters. The van der Waals surface area contributed by atoms with Gasteiger partial charge in [0, 0.05) is 25.6 Å². The fraction of sp³-hybridized carbons (Fsp3) is 0.467. The zero-order chi connectivity index (χ0) is 15.5. The van der Waals surface area contributed by atoms with E-state index in [1.54, 1.807) is 17.8 Å². The third-order valence-corrected chi connectivity index (χ3v) is 5.02. The molecule has 2 aromatic rings. The molecule has 0 radical (unpaired) electrons. The zero-order valence-corrected chi connectivity index (χ0v) is 13.2. The Morgan fingerprint density at radius 1 is 1.50 bits per heavy atom. The van der Waals surface area contributed by atoms with Crippen molar-refractivity contribution in [2.45, 2.75) is 32.2 Å². The molecule has 0 bridgehead atoms. The van der Waals surface area contributed by atoms with Gasteiger partial charge in [-0.15, -0.1) is 21.5 Å². The van der Waals surface area contributed by atoms with E-state index in [4.69, 9.17) is 5.26 Å². The van der Waals surface area contributed by atoms with Gasteiger partial charge in [-0.25, -0.2) is 0 Å². The Kier molecular flexibility index (Phi) is 4.20. The Labute approximate surface area is 133 Å². The van der Waals surface area contributed by atoms with Gasteiger partial charge < -0.3 is 9.47 Å². The molecule has 0 aliphatic carbocycles. The summed E-state index contributed by atoms with van der Waals surface area (Å²) < 4.78 is 2.06. The Hall–Kier alpha value is -2.20. The third kappa shape index (κ3) is 2.62. The summed E-state index contributed by atoms with van der Waals surface area (Å²) in [4.78, 5) is 14.9. The van der Waals surface area contributed by atoms with Crippen molar-refractivity contribution in [1.29, 1.82) is 5.26 Å². The third-order valence-electron chi connectivity index (χ3n) is 4.11. The zero-order valence-electron chi connectivity index (χ0n) is 12.4. The van der Waals surface area contributed by atoms with Crippen LogP contribution in [-0.2, 0) is 6.54 Å². The van der Waals surface area contributed by atoms with Crippen LogP contribution in [0.25, 0.3) is 0 Å². The molecule has 1 saturated heterocycles. The highest BCUT2D eigenvalue weighted by atomic mass is 32.1. The van der Waals surface area contributed by atoms with E-state index in [1.807, 2.05) is 4.90 Å². The van der Waals surface area contributed by atoms with Crippen LogP contribution in [0, 0.1) is 11.3 Å². The SMILES string of the molecule is CCn1cnnc1C1CCN(C(=O)c2sccc2C#N)CC1. The molecule has 0 saturated carbocycles. The van der Waals surface area contributed by atoms with Gasteiger partial charge in [-0.1, -0.05) is 0 Å². The lowest BCUT2D eigenvalue weighted by molar-refractivity contribution is 0.0715. The maximum atomic E-state index is 12.5. The maximum absolute atomic E-state index is 12.5. The van der Waals surface area contributed by atoms with Crippen LogP contribution < -0.4 is 0 Å². The average Bonchev–Trinajstić information content (AvgIpc) is 3.22. The van der Waals surface area contributed by atoms with Gasteiger partial charge in [0.15, 0.2) is 0 Å². The summed E-state index contributed by atoms with van der Waals surface area (Å²) in [6, 6.07) is 3.79. The van der Waals surface area contributed by atoms with Crippen LogP contribution in [0.2, 0.25) is 0 Å². The van der Waals surface area contributed by atoms with E-state index in [0.29, 0.717) is 29.4 Å². The lowest BCUT2D eigenvalue weighted by atomic mass is 9.95. The number of carbonyl (C=O) groups is 1. The monoisotopic (exact) mass is 315 g/mol. The van der Waals surface area contributed by atoms with Crippen molar-refractivity contribution in [1.82, 2.24) is 19.7 Å². The normalized spacial score (nSPS) is 15.7. The molecule has 7 heteroatoms. The number of carbonyl (C=O) groups excluding carboxylic acids is 1. The molecule has 6 nitrogen and oxygen atoms in total. The second kappa shape index (κ2) is 6.28. The quantitative estimate of drug-likeness (QED) is 0.870. The smallest absolute Gasteiger partial charge is 0.265 e. The highest BCUT2D eigenvalue weighted by Crippen LogP contribution is 2.28. The van der Waals surface area contributed by atoms with E-state index in [-0.39, 0.29) is 5.91 Å². The maximum Gasteiger partial charge on any atom is 0.265 e. The fourth-order valence-corrected chi connectivity index (χ4v) is 3.68. The van der Waals surface area contributed by atoms with Gasteiger partial charge in [-0.3, -0.25) is 4.79 Å². The molecule has 1 aliphatic heterocycles. The Morgan fingerprint density at radius 3 is 2.95 bits per heavy atom. The van der Waals surface area contributed by atoms with Crippen molar-refractivity contribution >= 4 is 17.2 Å². The topological polar surface area (TPSA) is 74.8 Å². The molecule has 1 aliphatic rings. The van der Waals surface area contributed by atoms with Gasteiger partial charge in [0.2, 0.25) is 0 Å². The second-order valence-electron chi connectivity index (χ2n) is 5.32. The number of amides is 1. The number of nitrogens with zero attached hydrogens (tertiary/aromatic N) is 5. The van der Waals surface area contributed by atoms with Gasteiger partial charge >= 0.3 is 0 Å². The molecule has 2 aromatic heterocycles. The lowest BCUT2D eigenvalue weighted by Gasteiger charge is -2.31. The van der Waals surface area contributed by atoms with Crippen LogP contribution in [0.4, 0.5) is 0 Å². The van der Waals surface area contributed by atoms with E-state index in [1.165, 1.54) is 11.3 Å². The Balaban J connectivity index is 1.67. The van der Waals surface area contributed by atoms with Crippen molar-refractivity contribution < 1.29 is 4.79 Å². The molecule has 114 valence electrons. The molecule has 0 spiro atoms. The number of piperidine rings is 1. The van der Waals surface area contributed by atoms with Crippen LogP contribution in [0.5, 0.6) is 0 Å². The van der Waals surface area contributed by atoms with Crippen LogP contribution >= 0.6 is 11.3 Å². The molecule has 1 fully saturated rings. The van der Waals surface area contributed by atoms with Gasteiger partial charge in [0.1, 0.15) is 23.1 Å². The summed E-state index contributed by atoms with van der Waals surface area (Å²) in [6.07, 6.45) is 3.53. The van der Waals surface area contributed by atoms with Crippen LogP contribution in [0.3, 0.4) is 0 Å². The minimum Gasteiger partial charge on any atom is -0.338 e. The molecule has 0 aromatic carbocycles. The number of hydrogen-bond donors (Lipinski definition) is 0. The van der Waals surface area contributed by atoms with Crippen molar-refractivity contribution in [3.8, 4) is 6.07 Å². The van der Waals surface area contributed by atoms with E-state index >= 15 is 0 Å². The highest BCUT2D eigenvalue weighted by molar-refractivity contribution is 7.12. The number of rotatable bonds is 3. The van der Waals surface area contributed by atoms with Crippen molar-refractivity contribution in [2.75, 3.05) is 13.1 Å². The van der Waals surface area contributed by atoms with Crippen LogP contribution in [0.15, 0.2) is 17.8 Å². The molecular formula is C15H17N5OS. The summed E-state index contributed by atoms with van der Waals surface area (Å²) in [5.41, 5.74) is 0.475. The number of hydrogen-bond acceptors (Lipinski definition) is 5. The summed E-state index contributed by atoms with van der Waals surface area (Å²) >= 11 is 1.34. The molecule has 22 heavy (non-hydrogen) atoms. The highest BCUT2D eigenvalue weighted by Gasteiger charge is 2.28. The molecule has 1 amide bonds. The summed E-state index contributed by atoms with van der Waals surface area (Å²) in [6.45, 7) is 4.33. The summed E-state index contributed by atoms with van der Waals surface area (Å²) in [7, 11) is 0. The van der Waals surface area contributed by atoms with E-state index in [9.17, 15) is 4.79 Å². The Morgan fingerprint density at radius 2 is 2.27 bits per heavy atom. The molecule has 3 heterocycles. The minimum atomic E-state index is -0.0260. The number of nitriles is 1. The number of thiophene rings is 1. The predicted octanol–water partition coefficient (Wildman–Crippen LogP) is 2.25. The Bertz CT molecular complexity index is 706. The lowest BCUT2D eigenvalue weighted by Crippen LogP contribution is -2.38. The van der Waals surface area contributed by atoms with E-state index < -0.39 is 0 Å². The average molecular weight is 315 g/mol. The standard InChI is InChI=1S/C15H17N5OS/c1-2-19-10-17-18-14(19)11-3-6-20(7-4-11)15(21)13-12(9-16)5-8-22-13/h5,8,10-11H,2-4,6-7H2,1H3. The van der Waals surface area contributed by atoms with Crippen molar-refractivity contribution in [3.05, 3.63) is 34.0 Å². The van der Waals surface area contributed by atoms with Crippen molar-refractivity contribution in [3.63, 3.8) is 0 Å².